The number of Topliss-reactive ketones (excluding diaryl/α,β-unsaturated/α-hetero) is 1. The Kier molecular flexibility index (Phi) is 24.3. The molecule has 0 saturated carbocycles. The highest BCUT2D eigenvalue weighted by Crippen LogP contribution is 2.35. The molecule has 0 aromatic heterocycles. The third kappa shape index (κ3) is 18.6. The number of ketones is 1. The third-order valence-corrected chi connectivity index (χ3v) is 8.53. The minimum atomic E-state index is -3.06. The van der Waals surface area contributed by atoms with Gasteiger partial charge in [-0.1, -0.05) is 149 Å². The van der Waals surface area contributed by atoms with Gasteiger partial charge >= 0.3 is 17.9 Å². The van der Waals surface area contributed by atoms with E-state index in [-0.39, 0.29) is 12.8 Å². The lowest BCUT2D eigenvalue weighted by Gasteiger charge is -2.33. The van der Waals surface area contributed by atoms with Crippen LogP contribution in [0.3, 0.4) is 0 Å². The largest absolute Gasteiger partial charge is 0.481 e. The van der Waals surface area contributed by atoms with Gasteiger partial charge in [0.15, 0.2) is 5.60 Å². The van der Waals surface area contributed by atoms with Gasteiger partial charge in [0, 0.05) is 12.3 Å². The highest BCUT2D eigenvalue weighted by molar-refractivity contribution is 5.94. The Hall–Kier alpha value is -1.96. The van der Waals surface area contributed by atoms with E-state index < -0.39 is 47.5 Å². The van der Waals surface area contributed by atoms with E-state index in [1.54, 1.807) is 0 Å². The number of aliphatic carboxylic acids is 3. The number of carboxylic acid groups (broad SMARTS) is 3. The van der Waals surface area contributed by atoms with E-state index in [0.29, 0.717) is 12.8 Å². The first-order valence-electron chi connectivity index (χ1n) is 17.0. The van der Waals surface area contributed by atoms with Crippen molar-refractivity contribution in [3.63, 3.8) is 0 Å². The van der Waals surface area contributed by atoms with Crippen molar-refractivity contribution in [1.82, 2.24) is 0 Å². The molecule has 0 rings (SSSR count). The molecule has 0 aromatic carbocycles. The van der Waals surface area contributed by atoms with Crippen molar-refractivity contribution in [3.05, 3.63) is 0 Å². The number of hydrogen-bond acceptors (Lipinski definition) is 5. The van der Waals surface area contributed by atoms with Crippen LogP contribution in [0.2, 0.25) is 0 Å². The van der Waals surface area contributed by atoms with Gasteiger partial charge in [-0.2, -0.15) is 0 Å². The molecule has 3 atom stereocenters. The van der Waals surface area contributed by atoms with Gasteiger partial charge in [-0.15, -0.1) is 0 Å². The smallest absolute Gasteiger partial charge is 0.337 e. The summed E-state index contributed by atoms with van der Waals surface area (Å²) in [6.45, 7) is 4.32. The fraction of sp³-hybridized carbons (Fsp3) is 0.882. The summed E-state index contributed by atoms with van der Waals surface area (Å²) in [6.07, 6.45) is 23.6. The SMILES string of the molecule is CCCCCCCCCCCCCCCCCCCC(C(=O)CCCCCCC)C(C(=O)O)C(O)(CC(=O)O)C(=O)O. The maximum atomic E-state index is 13.2. The number of rotatable bonds is 31. The molecule has 0 fully saturated rings. The molecule has 246 valence electrons. The summed E-state index contributed by atoms with van der Waals surface area (Å²) in [5.41, 5.74) is -3.06. The molecular formula is C34H62O8. The number of carboxylic acids is 3. The molecule has 3 unspecified atom stereocenters. The van der Waals surface area contributed by atoms with Gasteiger partial charge < -0.3 is 20.4 Å². The summed E-state index contributed by atoms with van der Waals surface area (Å²) in [5.74, 6) is -8.88. The second-order valence-electron chi connectivity index (χ2n) is 12.3. The van der Waals surface area contributed by atoms with Gasteiger partial charge in [-0.05, 0) is 12.8 Å². The second-order valence-corrected chi connectivity index (χ2v) is 12.3. The van der Waals surface area contributed by atoms with E-state index in [1.165, 1.54) is 77.0 Å². The summed E-state index contributed by atoms with van der Waals surface area (Å²) >= 11 is 0. The lowest BCUT2D eigenvalue weighted by Crippen LogP contribution is -2.55. The van der Waals surface area contributed by atoms with Crippen molar-refractivity contribution in [2.24, 2.45) is 11.8 Å². The third-order valence-electron chi connectivity index (χ3n) is 8.53. The number of unbranched alkanes of at least 4 members (excludes halogenated alkanes) is 20. The van der Waals surface area contributed by atoms with Gasteiger partial charge in [0.25, 0.3) is 0 Å². The van der Waals surface area contributed by atoms with Gasteiger partial charge in [0.1, 0.15) is 11.7 Å². The number of hydrogen-bond donors (Lipinski definition) is 4. The molecule has 0 aliphatic carbocycles. The molecule has 0 radical (unpaired) electrons. The first-order chi connectivity index (χ1) is 20.1. The summed E-state index contributed by atoms with van der Waals surface area (Å²) in [7, 11) is 0. The number of carbonyl (C=O) groups excluding carboxylic acids is 1. The van der Waals surface area contributed by atoms with Crippen LogP contribution in [0.5, 0.6) is 0 Å². The average Bonchev–Trinajstić information content (AvgIpc) is 2.93. The van der Waals surface area contributed by atoms with Crippen LogP contribution in [0.25, 0.3) is 0 Å². The number of carbonyl (C=O) groups is 4. The molecule has 42 heavy (non-hydrogen) atoms. The van der Waals surface area contributed by atoms with Crippen molar-refractivity contribution in [3.8, 4) is 0 Å². The fourth-order valence-corrected chi connectivity index (χ4v) is 5.95. The Morgan fingerprint density at radius 3 is 1.24 bits per heavy atom. The Morgan fingerprint density at radius 1 is 0.548 bits per heavy atom. The molecular weight excluding hydrogens is 536 g/mol. The molecule has 0 aliphatic rings. The maximum absolute atomic E-state index is 13.2. The Labute approximate surface area is 255 Å². The Morgan fingerprint density at radius 2 is 0.905 bits per heavy atom. The summed E-state index contributed by atoms with van der Waals surface area (Å²) < 4.78 is 0. The first kappa shape index (κ1) is 40.0. The topological polar surface area (TPSA) is 149 Å². The normalized spacial score (nSPS) is 14.3. The first-order valence-corrected chi connectivity index (χ1v) is 17.0. The molecule has 0 bridgehead atoms. The number of aliphatic hydroxyl groups is 1. The predicted molar refractivity (Wildman–Crippen MR) is 167 cm³/mol. The minimum absolute atomic E-state index is 0.0971. The van der Waals surface area contributed by atoms with Crippen LogP contribution in [0.1, 0.15) is 174 Å². The van der Waals surface area contributed by atoms with Crippen LogP contribution >= 0.6 is 0 Å². The van der Waals surface area contributed by atoms with Crippen LogP contribution in [-0.2, 0) is 19.2 Å². The fourth-order valence-electron chi connectivity index (χ4n) is 5.95. The molecule has 0 saturated heterocycles. The van der Waals surface area contributed by atoms with Gasteiger partial charge in [-0.25, -0.2) is 4.79 Å². The quantitative estimate of drug-likeness (QED) is 0.0580. The van der Waals surface area contributed by atoms with Crippen molar-refractivity contribution in [2.45, 2.75) is 180 Å². The van der Waals surface area contributed by atoms with Crippen LogP contribution in [0.15, 0.2) is 0 Å². The standard InChI is InChI=1S/C34H62O8/c1-3-5-7-9-10-11-12-13-14-15-16-17-18-19-20-22-23-25-28(29(35)26-24-21-8-6-4-2)31(32(38)39)34(42,33(40)41)27-30(36)37/h28,31,42H,3-27H2,1-2H3,(H,36,37)(H,38,39)(H,40,41). The Balaban J connectivity index is 4.64. The summed E-state index contributed by atoms with van der Waals surface area (Å²) in [5, 5.41) is 39.5. The highest BCUT2D eigenvalue weighted by Gasteiger charge is 2.54. The predicted octanol–water partition coefficient (Wildman–Crippen LogP) is 8.57. The van der Waals surface area contributed by atoms with Crippen molar-refractivity contribution >= 4 is 23.7 Å². The molecule has 8 heteroatoms. The monoisotopic (exact) mass is 598 g/mol. The summed E-state index contributed by atoms with van der Waals surface area (Å²) in [4.78, 5) is 48.6. The van der Waals surface area contributed by atoms with Gasteiger partial charge in [-0.3, -0.25) is 14.4 Å². The molecule has 4 N–H and O–H groups in total. The van der Waals surface area contributed by atoms with Crippen molar-refractivity contribution in [1.29, 1.82) is 0 Å². The van der Waals surface area contributed by atoms with Crippen molar-refractivity contribution < 1.29 is 39.6 Å². The van der Waals surface area contributed by atoms with E-state index in [9.17, 15) is 39.6 Å². The van der Waals surface area contributed by atoms with E-state index in [1.807, 2.05) is 0 Å². The van der Waals surface area contributed by atoms with Crippen molar-refractivity contribution in [2.75, 3.05) is 0 Å². The average molecular weight is 599 g/mol. The van der Waals surface area contributed by atoms with E-state index in [4.69, 9.17) is 0 Å². The second kappa shape index (κ2) is 25.5. The Bertz CT molecular complexity index is 737. The van der Waals surface area contributed by atoms with Crippen LogP contribution in [0.4, 0.5) is 0 Å². The van der Waals surface area contributed by atoms with Crippen LogP contribution < -0.4 is 0 Å². The van der Waals surface area contributed by atoms with E-state index in [2.05, 4.69) is 13.8 Å². The minimum Gasteiger partial charge on any atom is -0.481 e. The maximum Gasteiger partial charge on any atom is 0.337 e. The van der Waals surface area contributed by atoms with Gasteiger partial charge in [0.05, 0.1) is 6.42 Å². The molecule has 0 heterocycles. The lowest BCUT2D eigenvalue weighted by atomic mass is 9.71. The lowest BCUT2D eigenvalue weighted by molar-refractivity contribution is -0.184. The summed E-state index contributed by atoms with van der Waals surface area (Å²) in [6, 6.07) is 0. The van der Waals surface area contributed by atoms with Gasteiger partial charge in [0.2, 0.25) is 0 Å². The molecule has 0 aliphatic heterocycles. The van der Waals surface area contributed by atoms with E-state index >= 15 is 0 Å². The van der Waals surface area contributed by atoms with Crippen LogP contribution in [-0.4, -0.2) is 49.7 Å². The molecule has 0 amide bonds. The zero-order valence-electron chi connectivity index (χ0n) is 26.8. The highest BCUT2D eigenvalue weighted by atomic mass is 16.4. The molecule has 8 nitrogen and oxygen atoms in total. The van der Waals surface area contributed by atoms with Crippen LogP contribution in [0, 0.1) is 11.8 Å². The zero-order chi connectivity index (χ0) is 31.6. The molecule has 0 aromatic rings. The zero-order valence-corrected chi connectivity index (χ0v) is 26.8. The molecule has 0 spiro atoms. The van der Waals surface area contributed by atoms with E-state index in [0.717, 1.165) is 51.4 Å².